The molecule has 0 unspecified atom stereocenters. The molecule has 7 heterocycles. The number of hydrogen-bond donors (Lipinski definition) is 0. The van der Waals surface area contributed by atoms with Crippen LogP contribution >= 0.6 is 0 Å². The van der Waals surface area contributed by atoms with Gasteiger partial charge in [0.25, 0.3) is 0 Å². The highest BCUT2D eigenvalue weighted by Gasteiger charge is 2.39. The fourth-order valence-corrected chi connectivity index (χ4v) is 77.9. The fraction of sp³-hybridized carbons (Fsp3) is 1.00. The first-order chi connectivity index (χ1) is 37.9. The van der Waals surface area contributed by atoms with E-state index in [1.807, 2.05) is 0 Å². The summed E-state index contributed by atoms with van der Waals surface area (Å²) in [5, 5.41) is 0. The van der Waals surface area contributed by atoms with Crippen LogP contribution in [0, 0.1) is 0 Å². The topological polar surface area (TPSA) is 64.6 Å². The predicted octanol–water partition coefficient (Wildman–Crippen LogP) is 25.2. The Hall–Kier alpha value is 2.76. The predicted molar refractivity (Wildman–Crippen MR) is 417 cm³/mol. The molecule has 0 aliphatic carbocycles. The molecule has 7 saturated heterocycles. The van der Waals surface area contributed by atoms with Crippen LogP contribution in [0.4, 0.5) is 0 Å². The first-order valence-corrected chi connectivity index (χ1v) is 79.4. The van der Waals surface area contributed by atoms with Gasteiger partial charge < -0.3 is 28.8 Å². The Morgan fingerprint density at radius 3 is 0.226 bits per heavy atom. The molecule has 0 bridgehead atoms. The summed E-state index contributed by atoms with van der Waals surface area (Å²) in [5.41, 5.74) is 0. The Kier molecular flexibility index (Phi) is 37.5. The Labute approximate surface area is 543 Å². The van der Waals surface area contributed by atoms with Crippen molar-refractivity contribution in [2.24, 2.45) is 0 Å². The van der Waals surface area contributed by atoms with E-state index in [-0.39, 0.29) is 0 Å². The van der Waals surface area contributed by atoms with Gasteiger partial charge in [0.2, 0.25) is 0 Å². The molecule has 0 saturated carbocycles. The zero-order valence-corrected chi connectivity index (χ0v) is 76.6. The van der Waals surface area contributed by atoms with E-state index in [9.17, 15) is 0 Å². The zero-order chi connectivity index (χ0) is 64.7. The molecule has 0 amide bonds. The molecule has 504 valence electrons. The third-order valence-corrected chi connectivity index (χ3v) is 71.0. The summed E-state index contributed by atoms with van der Waals surface area (Å²) in [6.45, 7) is 66.7. The first kappa shape index (κ1) is 84.8. The summed E-state index contributed by atoms with van der Waals surface area (Å²) >= 11 is 0. The average Bonchev–Trinajstić information content (AvgIpc) is 3.23. The van der Waals surface area contributed by atoms with Crippen LogP contribution in [-0.4, -0.2) is 116 Å². The van der Waals surface area contributed by atoms with E-state index < -0.39 is 116 Å². The van der Waals surface area contributed by atoms with Crippen LogP contribution in [0.3, 0.4) is 0 Å². The van der Waals surface area contributed by atoms with Gasteiger partial charge in [-0.1, -0.05) is 135 Å². The van der Waals surface area contributed by atoms with Gasteiger partial charge in [0, 0.05) is 0 Å². The highest BCUT2D eigenvalue weighted by Crippen LogP contribution is 2.35. The second-order valence-corrected chi connectivity index (χ2v) is 98.3. The number of hydrogen-bond acceptors (Lipinski definition) is 7. The maximum Gasteiger partial charge on any atom is 0.173 e. The van der Waals surface area contributed by atoms with Gasteiger partial charge in [-0.25, -0.2) is 0 Å². The normalized spacial score (nSPS) is 29.0. The van der Waals surface area contributed by atoms with E-state index in [2.05, 4.69) is 183 Å². The van der Waals surface area contributed by atoms with E-state index in [1.54, 1.807) is 0 Å². The van der Waals surface area contributed by atoms with Crippen molar-refractivity contribution in [3.63, 3.8) is 0 Å². The zero-order valence-electron chi connectivity index (χ0n) is 62.6. The van der Waals surface area contributed by atoms with Crippen LogP contribution in [0.1, 0.15) is 135 Å². The minimum absolute atomic E-state index is 1.25. The van der Waals surface area contributed by atoms with Crippen molar-refractivity contribution in [3.8, 4) is 0 Å². The molecule has 7 rings (SSSR count). The van der Waals surface area contributed by atoms with Crippen molar-refractivity contribution in [2.45, 2.75) is 403 Å². The van der Waals surface area contributed by atoms with Gasteiger partial charge in [-0.15, -0.1) is 0 Å². The second-order valence-electron chi connectivity index (χ2n) is 36.3. The molecular formula is C63H154O7Si14. The van der Waals surface area contributed by atoms with E-state index >= 15 is 0 Å². The molecule has 0 aromatic heterocycles. The van der Waals surface area contributed by atoms with E-state index in [0.29, 0.717) is 0 Å². The van der Waals surface area contributed by atoms with Crippen molar-refractivity contribution in [1.29, 1.82) is 0 Å². The van der Waals surface area contributed by atoms with Crippen molar-refractivity contribution in [1.82, 2.24) is 0 Å². The lowest BCUT2D eigenvalue weighted by atomic mass is 10.3. The summed E-state index contributed by atoms with van der Waals surface area (Å²) in [4.78, 5) is 0. The third kappa shape index (κ3) is 45.1. The molecule has 7 aliphatic heterocycles. The summed E-state index contributed by atoms with van der Waals surface area (Å²) in [5.74, 6) is 0. The monoisotopic (exact) mass is 1410 g/mol. The van der Waals surface area contributed by atoms with Gasteiger partial charge in [0.05, 0.1) is 0 Å². The molecule has 7 nitrogen and oxygen atoms in total. The van der Waals surface area contributed by atoms with Gasteiger partial charge in [-0.3, -0.25) is 0 Å². The molecular weight excluding hydrogens is 1260 g/mol. The molecule has 0 radical (unpaired) electrons. The van der Waals surface area contributed by atoms with E-state index in [4.69, 9.17) is 28.8 Å². The molecule has 0 N–H and O–H groups in total. The van der Waals surface area contributed by atoms with Crippen LogP contribution in [0.5, 0.6) is 0 Å². The Bertz CT molecular complexity index is 1320. The summed E-state index contributed by atoms with van der Waals surface area (Å²) < 4.78 is 44.4. The average molecular weight is 1420 g/mol. The molecule has 0 atom stereocenters. The molecule has 84 heavy (non-hydrogen) atoms. The molecule has 0 aromatic rings. The lowest BCUT2D eigenvalue weighted by Crippen LogP contribution is -2.45. The lowest BCUT2D eigenvalue weighted by Gasteiger charge is -2.36. The molecule has 0 aromatic carbocycles. The lowest BCUT2D eigenvalue weighted by molar-refractivity contribution is 0.510. The molecule has 7 aliphatic rings. The smallest absolute Gasteiger partial charge is 0.173 e. The van der Waals surface area contributed by atoms with Crippen LogP contribution in [0.15, 0.2) is 0 Å². The maximum absolute atomic E-state index is 6.34. The van der Waals surface area contributed by atoms with Gasteiger partial charge in [-0.2, -0.15) is 0 Å². The van der Waals surface area contributed by atoms with Gasteiger partial charge >= 0.3 is 0 Å². The van der Waals surface area contributed by atoms with E-state index in [0.717, 1.165) is 0 Å². The minimum Gasteiger partial charge on any atom is -0.455 e. The Balaban J connectivity index is 0.000000490. The van der Waals surface area contributed by atoms with Crippen LogP contribution in [0.2, 0.25) is 268 Å². The largest absolute Gasteiger partial charge is 0.455 e. The maximum atomic E-state index is 6.34. The standard InChI is InChI=1S/7C9H22OSi2/c7*1-11(2)8-6-5-7-9-12(3,4)10-11/h7*5-9H2,1-4H3. The Morgan fingerprint density at radius 2 is 0.167 bits per heavy atom. The summed E-state index contributed by atoms with van der Waals surface area (Å²) in [6.07, 6.45) is 29.8. The summed E-state index contributed by atoms with van der Waals surface area (Å²) in [6, 6.07) is 19.3. The minimum atomic E-state index is -1.25. The van der Waals surface area contributed by atoms with Crippen molar-refractivity contribution in [3.05, 3.63) is 0 Å². The molecule has 7 fully saturated rings. The highest BCUT2D eigenvalue weighted by atomic mass is 28.5. The van der Waals surface area contributed by atoms with Crippen LogP contribution in [0.25, 0.3) is 0 Å². The Morgan fingerprint density at radius 1 is 0.107 bits per heavy atom. The van der Waals surface area contributed by atoms with Crippen molar-refractivity contribution < 1.29 is 28.8 Å². The third-order valence-electron chi connectivity index (χ3n) is 18.3. The van der Waals surface area contributed by atoms with E-state index in [1.165, 1.54) is 219 Å². The van der Waals surface area contributed by atoms with Crippen LogP contribution in [-0.2, 0) is 28.8 Å². The van der Waals surface area contributed by atoms with Gasteiger partial charge in [0.1, 0.15) is 0 Å². The van der Waals surface area contributed by atoms with Crippen LogP contribution < -0.4 is 0 Å². The van der Waals surface area contributed by atoms with Crippen molar-refractivity contribution in [2.75, 3.05) is 0 Å². The quantitative estimate of drug-likeness (QED) is 0.224. The second kappa shape index (κ2) is 37.2. The van der Waals surface area contributed by atoms with Gasteiger partial charge in [0.15, 0.2) is 116 Å². The fourth-order valence-electron chi connectivity index (χ4n) is 14.9. The highest BCUT2D eigenvalue weighted by molar-refractivity contribution is 6.88. The molecule has 0 spiro atoms. The molecule has 21 heteroatoms. The summed E-state index contributed by atoms with van der Waals surface area (Å²) in [7, 11) is -17.5. The van der Waals surface area contributed by atoms with Gasteiger partial charge in [-0.05, 0) is 268 Å². The first-order valence-electron chi connectivity index (χ1n) is 35.8. The number of rotatable bonds is 0. The van der Waals surface area contributed by atoms with Crippen molar-refractivity contribution >= 4 is 116 Å². The SMILES string of the molecule is C[Si]1(C)CCCCC[Si](C)(C)O1.C[Si]1(C)CCCCC[Si](C)(C)O1.C[Si]1(C)CCCCC[Si](C)(C)O1.C[Si]1(C)CCCCC[Si](C)(C)O1.C[Si]1(C)CCCCC[Si](C)(C)O1.C[Si]1(C)CCCCC[Si](C)(C)O1.C[Si]1(C)CCCCC[Si](C)(C)O1.